The first-order valence-corrected chi connectivity index (χ1v) is 9.90. The fourth-order valence-electron chi connectivity index (χ4n) is 2.62. The van der Waals surface area contributed by atoms with Gasteiger partial charge in [-0.05, 0) is 53.8 Å². The van der Waals surface area contributed by atoms with Crippen LogP contribution in [0.1, 0.15) is 45.0 Å². The lowest BCUT2D eigenvalue weighted by atomic mass is 10.1. The number of aromatic nitrogens is 2. The predicted octanol–water partition coefficient (Wildman–Crippen LogP) is 2.94. The third kappa shape index (κ3) is 4.45. The van der Waals surface area contributed by atoms with Crippen LogP contribution in [0, 0.1) is 17.0 Å². The van der Waals surface area contributed by atoms with E-state index in [1.165, 1.54) is 19.2 Å². The normalized spacial score (nSPS) is 13.4. The van der Waals surface area contributed by atoms with Gasteiger partial charge in [0.2, 0.25) is 10.0 Å². The fourth-order valence-corrected chi connectivity index (χ4v) is 3.37. The molecular formula is C17H25N5O4S. The van der Waals surface area contributed by atoms with E-state index in [0.717, 1.165) is 17.3 Å². The summed E-state index contributed by atoms with van der Waals surface area (Å²) in [5.41, 5.74) is 1.48. The fraction of sp³-hybridized carbons (Fsp3) is 0.471. The van der Waals surface area contributed by atoms with Crippen molar-refractivity contribution in [1.29, 1.82) is 0 Å². The molecule has 2 rings (SSSR count). The Morgan fingerprint density at radius 3 is 2.41 bits per heavy atom. The van der Waals surface area contributed by atoms with Gasteiger partial charge in [-0.1, -0.05) is 0 Å². The number of sulfonamides is 1. The first-order chi connectivity index (χ1) is 12.4. The van der Waals surface area contributed by atoms with Crippen molar-refractivity contribution in [2.45, 2.75) is 51.1 Å². The molecule has 1 atom stereocenters. The van der Waals surface area contributed by atoms with Crippen molar-refractivity contribution in [3.05, 3.63) is 45.8 Å². The number of nitro benzene ring substituents is 1. The van der Waals surface area contributed by atoms with E-state index < -0.39 is 14.9 Å². The van der Waals surface area contributed by atoms with Crippen LogP contribution in [0.5, 0.6) is 0 Å². The van der Waals surface area contributed by atoms with Gasteiger partial charge in [0.05, 0.1) is 27.1 Å². The van der Waals surface area contributed by atoms with E-state index in [4.69, 9.17) is 0 Å². The Kier molecular flexibility index (Phi) is 5.62. The van der Waals surface area contributed by atoms with Crippen LogP contribution < -0.4 is 10.0 Å². The maximum Gasteiger partial charge on any atom is 0.293 e. The first kappa shape index (κ1) is 20.8. The average molecular weight is 395 g/mol. The molecule has 0 saturated heterocycles. The van der Waals surface area contributed by atoms with Crippen LogP contribution in [0.25, 0.3) is 0 Å². The third-order valence-electron chi connectivity index (χ3n) is 4.21. The minimum absolute atomic E-state index is 0.161. The molecule has 1 aromatic carbocycles. The van der Waals surface area contributed by atoms with Crippen molar-refractivity contribution in [2.75, 3.05) is 12.4 Å². The maximum absolute atomic E-state index is 11.9. The molecule has 0 amide bonds. The minimum Gasteiger partial charge on any atom is -0.373 e. The zero-order chi connectivity index (χ0) is 20.6. The molecule has 148 valence electrons. The van der Waals surface area contributed by atoms with E-state index in [9.17, 15) is 18.5 Å². The summed E-state index contributed by atoms with van der Waals surface area (Å²) >= 11 is 0. The van der Waals surface area contributed by atoms with E-state index in [1.54, 1.807) is 0 Å². The van der Waals surface area contributed by atoms with Crippen molar-refractivity contribution in [3.63, 3.8) is 0 Å². The van der Waals surface area contributed by atoms with Gasteiger partial charge in [-0.2, -0.15) is 5.10 Å². The summed E-state index contributed by atoms with van der Waals surface area (Å²) in [7, 11) is -2.51. The Hall–Kier alpha value is -2.46. The van der Waals surface area contributed by atoms with Crippen molar-refractivity contribution in [2.24, 2.45) is 0 Å². The number of anilines is 1. The number of aryl methyl sites for hydroxylation is 1. The summed E-state index contributed by atoms with van der Waals surface area (Å²) in [5.74, 6) is 0. The molecule has 1 heterocycles. The molecule has 0 fully saturated rings. The van der Waals surface area contributed by atoms with E-state index in [1.807, 2.05) is 45.5 Å². The van der Waals surface area contributed by atoms with E-state index in [2.05, 4.69) is 15.1 Å². The van der Waals surface area contributed by atoms with Gasteiger partial charge in [-0.25, -0.2) is 13.1 Å². The molecule has 1 aromatic heterocycles. The number of nitro groups is 1. The first-order valence-electron chi connectivity index (χ1n) is 8.42. The monoisotopic (exact) mass is 395 g/mol. The number of nitrogens with zero attached hydrogens (tertiary/aromatic N) is 3. The second kappa shape index (κ2) is 7.28. The minimum atomic E-state index is -3.77. The van der Waals surface area contributed by atoms with Gasteiger partial charge >= 0.3 is 0 Å². The topological polar surface area (TPSA) is 119 Å². The highest BCUT2D eigenvalue weighted by Crippen LogP contribution is 2.31. The molecule has 0 aliphatic rings. The largest absolute Gasteiger partial charge is 0.373 e. The molecule has 0 radical (unpaired) electrons. The van der Waals surface area contributed by atoms with Crippen LogP contribution in [-0.2, 0) is 15.6 Å². The summed E-state index contributed by atoms with van der Waals surface area (Å²) in [6.45, 7) is 9.86. The van der Waals surface area contributed by atoms with Crippen LogP contribution in [0.2, 0.25) is 0 Å². The molecule has 2 N–H and O–H groups in total. The lowest BCUT2D eigenvalue weighted by molar-refractivity contribution is -0.384. The van der Waals surface area contributed by atoms with Crippen molar-refractivity contribution in [1.82, 2.24) is 14.5 Å². The van der Waals surface area contributed by atoms with E-state index >= 15 is 0 Å². The highest BCUT2D eigenvalue weighted by Gasteiger charge is 2.23. The Bertz CT molecular complexity index is 960. The standard InChI is InChI=1S/C17H25N5O4S/c1-11(14-10-21(17(3,4)5)20-12(14)2)19-15-8-7-13(27(25,26)18-6)9-16(15)22(23)24/h7-11,18-19H,1-6H3. The number of rotatable bonds is 6. The van der Waals surface area contributed by atoms with Crippen molar-refractivity contribution in [3.8, 4) is 0 Å². The van der Waals surface area contributed by atoms with E-state index in [0.29, 0.717) is 0 Å². The molecule has 0 bridgehead atoms. The quantitative estimate of drug-likeness (QED) is 0.573. The second-order valence-electron chi connectivity index (χ2n) is 7.29. The number of hydrogen-bond acceptors (Lipinski definition) is 6. The van der Waals surface area contributed by atoms with Gasteiger partial charge < -0.3 is 5.32 Å². The molecule has 1 unspecified atom stereocenters. The van der Waals surface area contributed by atoms with Gasteiger partial charge in [0, 0.05) is 17.8 Å². The van der Waals surface area contributed by atoms with Crippen LogP contribution >= 0.6 is 0 Å². The molecule has 0 saturated carbocycles. The van der Waals surface area contributed by atoms with Gasteiger partial charge in [-0.15, -0.1) is 0 Å². The summed E-state index contributed by atoms with van der Waals surface area (Å²) in [4.78, 5) is 10.7. The van der Waals surface area contributed by atoms with Gasteiger partial charge in [0.15, 0.2) is 0 Å². The van der Waals surface area contributed by atoms with Crippen molar-refractivity contribution >= 4 is 21.4 Å². The highest BCUT2D eigenvalue weighted by molar-refractivity contribution is 7.89. The van der Waals surface area contributed by atoms with Crippen LogP contribution in [0.4, 0.5) is 11.4 Å². The molecular weight excluding hydrogens is 370 g/mol. The summed E-state index contributed by atoms with van der Waals surface area (Å²) in [6.07, 6.45) is 1.92. The molecule has 9 nitrogen and oxygen atoms in total. The molecule has 0 aliphatic carbocycles. The smallest absolute Gasteiger partial charge is 0.293 e. The molecule has 10 heteroatoms. The van der Waals surface area contributed by atoms with Gasteiger partial charge in [-0.3, -0.25) is 14.8 Å². The number of hydrogen-bond donors (Lipinski definition) is 2. The molecule has 0 aliphatic heterocycles. The SMILES string of the molecule is CNS(=O)(=O)c1ccc(NC(C)c2cn(C(C)(C)C)nc2C)c([N+](=O)[O-])c1. The number of benzene rings is 1. The Labute approximate surface area is 159 Å². The van der Waals surface area contributed by atoms with E-state index in [-0.39, 0.29) is 27.9 Å². The Morgan fingerprint density at radius 1 is 1.30 bits per heavy atom. The Morgan fingerprint density at radius 2 is 1.93 bits per heavy atom. The van der Waals surface area contributed by atoms with Crippen LogP contribution in [0.15, 0.2) is 29.3 Å². The van der Waals surface area contributed by atoms with Crippen LogP contribution in [-0.4, -0.2) is 30.2 Å². The summed E-state index contributed by atoms with van der Waals surface area (Å²) in [6, 6.07) is 3.53. The molecule has 2 aromatic rings. The Balaban J connectivity index is 2.40. The highest BCUT2D eigenvalue weighted by atomic mass is 32.2. The zero-order valence-corrected chi connectivity index (χ0v) is 17.1. The predicted molar refractivity (Wildman–Crippen MR) is 103 cm³/mol. The third-order valence-corrected chi connectivity index (χ3v) is 5.62. The van der Waals surface area contributed by atoms with Gasteiger partial charge in [0.1, 0.15) is 5.69 Å². The zero-order valence-electron chi connectivity index (χ0n) is 16.3. The van der Waals surface area contributed by atoms with Crippen LogP contribution in [0.3, 0.4) is 0 Å². The molecule has 27 heavy (non-hydrogen) atoms. The lowest BCUT2D eigenvalue weighted by Gasteiger charge is -2.19. The summed E-state index contributed by atoms with van der Waals surface area (Å²) in [5, 5.41) is 19.1. The maximum atomic E-state index is 11.9. The lowest BCUT2D eigenvalue weighted by Crippen LogP contribution is -2.22. The van der Waals surface area contributed by atoms with Gasteiger partial charge in [0.25, 0.3) is 5.69 Å². The molecule has 0 spiro atoms. The summed E-state index contributed by atoms with van der Waals surface area (Å²) < 4.78 is 27.8. The average Bonchev–Trinajstić information content (AvgIpc) is 2.97. The second-order valence-corrected chi connectivity index (χ2v) is 9.18. The van der Waals surface area contributed by atoms with Crippen molar-refractivity contribution < 1.29 is 13.3 Å². The number of nitrogens with one attached hydrogen (secondary N) is 2.